The van der Waals surface area contributed by atoms with Gasteiger partial charge >= 0.3 is 5.97 Å². The predicted octanol–water partition coefficient (Wildman–Crippen LogP) is 2.67. The highest BCUT2D eigenvalue weighted by atomic mass is 35.5. The van der Waals surface area contributed by atoms with Crippen molar-refractivity contribution in [2.75, 3.05) is 5.21 Å². The third-order valence-electron chi connectivity index (χ3n) is 1.30. The molecule has 0 aliphatic heterocycles. The molecule has 0 aromatic heterocycles. The highest BCUT2D eigenvalue weighted by Gasteiger charge is 2.02. The van der Waals surface area contributed by atoms with Gasteiger partial charge in [0.1, 0.15) is 0 Å². The molecule has 0 amide bonds. The van der Waals surface area contributed by atoms with Crippen LogP contribution in [-0.2, 0) is 0 Å². The van der Waals surface area contributed by atoms with Gasteiger partial charge in [0.25, 0.3) is 0 Å². The zero-order valence-corrected chi connectivity index (χ0v) is 7.73. The molecule has 1 aromatic rings. The molecule has 0 heterocycles. The Labute approximate surface area is 79.5 Å². The fourth-order valence-electron chi connectivity index (χ4n) is 0.782. The van der Waals surface area contributed by atoms with E-state index in [-0.39, 0.29) is 0 Å². The van der Waals surface area contributed by atoms with Gasteiger partial charge in [-0.2, -0.15) is 0 Å². The van der Waals surface area contributed by atoms with Gasteiger partial charge in [-0.3, -0.25) is 0 Å². The third-order valence-corrected chi connectivity index (χ3v) is 2.33. The summed E-state index contributed by atoms with van der Waals surface area (Å²) in [7, 11) is 0. The van der Waals surface area contributed by atoms with E-state index in [0.29, 0.717) is 10.8 Å². The van der Waals surface area contributed by atoms with Crippen LogP contribution in [-0.4, -0.2) is 16.3 Å². The quantitative estimate of drug-likeness (QED) is 0.605. The van der Waals surface area contributed by atoms with Gasteiger partial charge in [-0.25, -0.2) is 4.79 Å². The molecule has 1 rings (SSSR count). The largest absolute Gasteiger partial charge is 0.478 e. The molecule has 0 aliphatic rings. The number of rotatable bonds is 3. The number of alkyl halides is 1. The zero-order valence-electron chi connectivity index (χ0n) is 6.16. The minimum absolute atomic E-state index is 0.296. The molecule has 1 aromatic carbocycles. The van der Waals surface area contributed by atoms with Crippen molar-refractivity contribution in [3.8, 4) is 0 Å². The smallest absolute Gasteiger partial charge is 0.335 e. The number of hydrogen-bond acceptors (Lipinski definition) is 2. The van der Waals surface area contributed by atoms with E-state index < -0.39 is 5.97 Å². The van der Waals surface area contributed by atoms with Crippen LogP contribution in [0, 0.1) is 0 Å². The minimum Gasteiger partial charge on any atom is -0.478 e. The van der Waals surface area contributed by atoms with Crippen LogP contribution in [0.25, 0.3) is 0 Å². The highest BCUT2D eigenvalue weighted by molar-refractivity contribution is 8.00. The van der Waals surface area contributed by atoms with Crippen molar-refractivity contribution in [2.45, 2.75) is 4.90 Å². The standard InChI is InChI=1S/C8H7ClO2S/c9-5-12-7-3-1-2-6(4-7)8(10)11/h1-4H,5H2,(H,10,11). The van der Waals surface area contributed by atoms with Crippen LogP contribution in [0.3, 0.4) is 0 Å². The Morgan fingerprint density at radius 2 is 2.33 bits per heavy atom. The highest BCUT2D eigenvalue weighted by Crippen LogP contribution is 2.19. The Hall–Kier alpha value is -0.670. The summed E-state index contributed by atoms with van der Waals surface area (Å²) in [5.74, 6) is -0.910. The lowest BCUT2D eigenvalue weighted by atomic mass is 10.2. The molecular formula is C8H7ClO2S. The Kier molecular flexibility index (Phi) is 3.44. The Morgan fingerprint density at radius 3 is 2.92 bits per heavy atom. The first kappa shape index (κ1) is 9.42. The SMILES string of the molecule is O=C(O)c1cccc(SCCl)c1. The van der Waals surface area contributed by atoms with Gasteiger partial charge in [0.15, 0.2) is 0 Å². The fourth-order valence-corrected chi connectivity index (χ4v) is 1.67. The molecule has 2 nitrogen and oxygen atoms in total. The van der Waals surface area contributed by atoms with Crippen LogP contribution in [0.1, 0.15) is 10.4 Å². The molecule has 0 fully saturated rings. The summed E-state index contributed by atoms with van der Waals surface area (Å²) in [5.41, 5.74) is 0.296. The Morgan fingerprint density at radius 1 is 1.58 bits per heavy atom. The van der Waals surface area contributed by atoms with Crippen LogP contribution in [0.2, 0.25) is 0 Å². The molecule has 0 spiro atoms. The van der Waals surface area contributed by atoms with E-state index in [1.165, 1.54) is 11.8 Å². The lowest BCUT2D eigenvalue weighted by molar-refractivity contribution is 0.0696. The zero-order chi connectivity index (χ0) is 8.97. The summed E-state index contributed by atoms with van der Waals surface area (Å²) < 4.78 is 0. The molecule has 4 heteroatoms. The minimum atomic E-state index is -0.910. The predicted molar refractivity (Wildman–Crippen MR) is 50.0 cm³/mol. The summed E-state index contributed by atoms with van der Waals surface area (Å²) >= 11 is 6.89. The number of carbonyl (C=O) groups is 1. The Bertz CT molecular complexity index is 288. The molecule has 0 bridgehead atoms. The van der Waals surface area contributed by atoms with E-state index in [9.17, 15) is 4.79 Å². The van der Waals surface area contributed by atoms with Gasteiger partial charge in [-0.05, 0) is 18.2 Å². The molecule has 12 heavy (non-hydrogen) atoms. The molecule has 0 unspecified atom stereocenters. The van der Waals surface area contributed by atoms with Crippen LogP contribution < -0.4 is 0 Å². The van der Waals surface area contributed by atoms with Gasteiger partial charge in [0.05, 0.1) is 10.8 Å². The molecule has 64 valence electrons. The number of hydrogen-bond donors (Lipinski definition) is 1. The third kappa shape index (κ3) is 2.43. The first-order valence-corrected chi connectivity index (χ1v) is 4.78. The summed E-state index contributed by atoms with van der Waals surface area (Å²) in [6, 6.07) is 6.70. The first-order valence-electron chi connectivity index (χ1n) is 3.26. The van der Waals surface area contributed by atoms with Crippen molar-refractivity contribution in [1.29, 1.82) is 0 Å². The number of thioether (sulfide) groups is 1. The van der Waals surface area contributed by atoms with Gasteiger partial charge in [-0.1, -0.05) is 6.07 Å². The number of benzene rings is 1. The van der Waals surface area contributed by atoms with Gasteiger partial charge < -0.3 is 5.11 Å². The van der Waals surface area contributed by atoms with Gasteiger partial charge in [-0.15, -0.1) is 23.4 Å². The molecule has 0 atom stereocenters. The van der Waals surface area contributed by atoms with E-state index >= 15 is 0 Å². The maximum Gasteiger partial charge on any atom is 0.335 e. The summed E-state index contributed by atoms with van der Waals surface area (Å²) in [5, 5.41) is 9.07. The molecular weight excluding hydrogens is 196 g/mol. The normalized spacial score (nSPS) is 9.75. The van der Waals surface area contributed by atoms with Crippen molar-refractivity contribution in [2.24, 2.45) is 0 Å². The monoisotopic (exact) mass is 202 g/mol. The summed E-state index contributed by atoms with van der Waals surface area (Å²) in [6.07, 6.45) is 0. The van der Waals surface area contributed by atoms with E-state index in [1.54, 1.807) is 18.2 Å². The van der Waals surface area contributed by atoms with Crippen molar-refractivity contribution in [3.63, 3.8) is 0 Å². The Balaban J connectivity index is 2.88. The number of aromatic carboxylic acids is 1. The van der Waals surface area contributed by atoms with E-state index in [2.05, 4.69) is 0 Å². The van der Waals surface area contributed by atoms with Crippen molar-refractivity contribution < 1.29 is 9.90 Å². The van der Waals surface area contributed by atoms with Crippen LogP contribution in [0.15, 0.2) is 29.2 Å². The molecule has 0 saturated heterocycles. The lowest BCUT2D eigenvalue weighted by Gasteiger charge is -1.98. The summed E-state index contributed by atoms with van der Waals surface area (Å²) in [4.78, 5) is 11.4. The second-order valence-corrected chi connectivity index (χ2v) is 3.72. The van der Waals surface area contributed by atoms with E-state index in [4.69, 9.17) is 16.7 Å². The number of carboxylic acid groups (broad SMARTS) is 1. The van der Waals surface area contributed by atoms with Crippen LogP contribution >= 0.6 is 23.4 Å². The van der Waals surface area contributed by atoms with Crippen molar-refractivity contribution in [3.05, 3.63) is 29.8 Å². The van der Waals surface area contributed by atoms with Gasteiger partial charge in [0.2, 0.25) is 0 Å². The lowest BCUT2D eigenvalue weighted by Crippen LogP contribution is -1.95. The maximum absolute atomic E-state index is 10.5. The molecule has 1 N–H and O–H groups in total. The van der Waals surface area contributed by atoms with E-state index in [0.717, 1.165) is 4.90 Å². The fraction of sp³-hybridized carbons (Fsp3) is 0.125. The van der Waals surface area contributed by atoms with Gasteiger partial charge in [0, 0.05) is 4.90 Å². The van der Waals surface area contributed by atoms with E-state index in [1.807, 2.05) is 6.07 Å². The first-order chi connectivity index (χ1) is 5.74. The van der Waals surface area contributed by atoms with Crippen molar-refractivity contribution in [1.82, 2.24) is 0 Å². The van der Waals surface area contributed by atoms with Crippen molar-refractivity contribution >= 4 is 29.3 Å². The topological polar surface area (TPSA) is 37.3 Å². The average molecular weight is 203 g/mol. The molecule has 0 aliphatic carbocycles. The number of carboxylic acids is 1. The average Bonchev–Trinajstić information content (AvgIpc) is 2.05. The summed E-state index contributed by atoms with van der Waals surface area (Å²) in [6.45, 7) is 0. The van der Waals surface area contributed by atoms with Crippen LogP contribution in [0.4, 0.5) is 0 Å². The second-order valence-electron chi connectivity index (χ2n) is 2.09. The molecule has 0 saturated carbocycles. The second kappa shape index (κ2) is 4.38. The maximum atomic E-state index is 10.5. The number of halogens is 1. The van der Waals surface area contributed by atoms with Crippen LogP contribution in [0.5, 0.6) is 0 Å². The molecule has 0 radical (unpaired) electrons.